The van der Waals surface area contributed by atoms with Crippen LogP contribution >= 0.6 is 11.6 Å². The number of alkyl halides is 1. The molecule has 0 aromatic carbocycles. The third-order valence-electron chi connectivity index (χ3n) is 2.22. The zero-order valence-corrected chi connectivity index (χ0v) is 8.03. The smallest absolute Gasteiger partial charge is 0.0364 e. The van der Waals surface area contributed by atoms with E-state index >= 15 is 0 Å². The molecule has 1 heteroatoms. The van der Waals surface area contributed by atoms with Crippen molar-refractivity contribution in [1.82, 2.24) is 0 Å². The second-order valence-corrected chi connectivity index (χ2v) is 4.26. The molecule has 1 aliphatic carbocycles. The van der Waals surface area contributed by atoms with Crippen LogP contribution < -0.4 is 0 Å². The summed E-state index contributed by atoms with van der Waals surface area (Å²) < 4.78 is 0. The van der Waals surface area contributed by atoms with Crippen molar-refractivity contribution in [3.63, 3.8) is 0 Å². The van der Waals surface area contributed by atoms with Gasteiger partial charge in [-0.15, -0.1) is 18.2 Å². The summed E-state index contributed by atoms with van der Waals surface area (Å²) in [7, 11) is 0. The molecule has 0 aliphatic heterocycles. The molecule has 1 atom stereocenters. The highest BCUT2D eigenvalue weighted by atomic mass is 35.5. The highest BCUT2D eigenvalue weighted by molar-refractivity contribution is 6.20. The Morgan fingerprint density at radius 2 is 2.27 bits per heavy atom. The van der Waals surface area contributed by atoms with Crippen molar-refractivity contribution in [2.45, 2.75) is 44.4 Å². The molecule has 0 radical (unpaired) electrons. The van der Waals surface area contributed by atoms with Gasteiger partial charge in [-0.1, -0.05) is 5.57 Å². The molecule has 0 aromatic rings. The van der Waals surface area contributed by atoms with Gasteiger partial charge in [0.2, 0.25) is 0 Å². The maximum atomic E-state index is 6.13. The fourth-order valence-corrected chi connectivity index (χ4v) is 1.70. The molecule has 0 N–H and O–H groups in total. The van der Waals surface area contributed by atoms with E-state index in [0.29, 0.717) is 5.38 Å². The van der Waals surface area contributed by atoms with Gasteiger partial charge in [0.05, 0.1) is 0 Å². The Balaban J connectivity index is 1.97. The Morgan fingerprint density at radius 3 is 2.73 bits per heavy atom. The summed E-state index contributed by atoms with van der Waals surface area (Å²) in [4.78, 5) is 0. The molecule has 0 aromatic heterocycles. The average Bonchev–Trinajstić information content (AvgIpc) is 2.66. The van der Waals surface area contributed by atoms with E-state index in [2.05, 4.69) is 13.5 Å². The van der Waals surface area contributed by atoms with E-state index in [9.17, 15) is 0 Å². The second-order valence-electron chi connectivity index (χ2n) is 3.70. The van der Waals surface area contributed by atoms with Gasteiger partial charge in [0.1, 0.15) is 0 Å². The summed E-state index contributed by atoms with van der Waals surface area (Å²) in [6.45, 7) is 5.95. The van der Waals surface area contributed by atoms with Crippen molar-refractivity contribution in [1.29, 1.82) is 0 Å². The van der Waals surface area contributed by atoms with Crippen LogP contribution in [0.15, 0.2) is 12.2 Å². The zero-order valence-electron chi connectivity index (χ0n) is 7.28. The summed E-state index contributed by atoms with van der Waals surface area (Å²) in [6.07, 6.45) is 6.28. The van der Waals surface area contributed by atoms with Crippen LogP contribution in [0.1, 0.15) is 39.0 Å². The lowest BCUT2D eigenvalue weighted by atomic mass is 10.1. The first-order valence-electron chi connectivity index (χ1n) is 4.48. The third-order valence-corrected chi connectivity index (χ3v) is 2.79. The van der Waals surface area contributed by atoms with Gasteiger partial charge in [-0.2, -0.15) is 0 Å². The van der Waals surface area contributed by atoms with E-state index < -0.39 is 0 Å². The first-order valence-corrected chi connectivity index (χ1v) is 4.92. The van der Waals surface area contributed by atoms with Gasteiger partial charge in [-0.05, 0) is 44.9 Å². The minimum absolute atomic E-state index is 0.453. The predicted molar refractivity (Wildman–Crippen MR) is 51.0 cm³/mol. The fraction of sp³-hybridized carbons (Fsp3) is 0.800. The summed E-state index contributed by atoms with van der Waals surface area (Å²) in [5.74, 6) is 0.849. The van der Waals surface area contributed by atoms with E-state index in [0.717, 1.165) is 12.3 Å². The molecule has 64 valence electrons. The molecule has 1 fully saturated rings. The molecule has 0 saturated heterocycles. The molecule has 0 nitrogen and oxygen atoms in total. The molecular weight excluding hydrogens is 156 g/mol. The van der Waals surface area contributed by atoms with Gasteiger partial charge in [0.15, 0.2) is 0 Å². The van der Waals surface area contributed by atoms with Crippen LogP contribution in [0, 0.1) is 5.92 Å². The molecular formula is C10H17Cl. The van der Waals surface area contributed by atoms with Crippen LogP contribution in [-0.2, 0) is 0 Å². The van der Waals surface area contributed by atoms with Crippen LogP contribution in [0.4, 0.5) is 0 Å². The summed E-state index contributed by atoms with van der Waals surface area (Å²) in [5, 5.41) is 0.453. The Hall–Kier alpha value is 0.0300. The van der Waals surface area contributed by atoms with Crippen LogP contribution in [-0.4, -0.2) is 5.38 Å². The Bertz CT molecular complexity index is 136. The van der Waals surface area contributed by atoms with Crippen molar-refractivity contribution in [3.8, 4) is 0 Å². The Labute approximate surface area is 74.6 Å². The topological polar surface area (TPSA) is 0 Å². The SMILES string of the molecule is C=C(C)CCCC(Cl)C1CC1. The quantitative estimate of drug-likeness (QED) is 0.438. The Kier molecular flexibility index (Phi) is 3.45. The van der Waals surface area contributed by atoms with E-state index in [1.54, 1.807) is 0 Å². The lowest BCUT2D eigenvalue weighted by Gasteiger charge is -2.06. The minimum Gasteiger partial charge on any atom is -0.123 e. The number of rotatable bonds is 5. The highest BCUT2D eigenvalue weighted by Crippen LogP contribution is 2.37. The Morgan fingerprint density at radius 1 is 1.64 bits per heavy atom. The maximum absolute atomic E-state index is 6.13. The van der Waals surface area contributed by atoms with Gasteiger partial charge in [0, 0.05) is 5.38 Å². The van der Waals surface area contributed by atoms with E-state index in [4.69, 9.17) is 11.6 Å². The van der Waals surface area contributed by atoms with Gasteiger partial charge in [-0.3, -0.25) is 0 Å². The van der Waals surface area contributed by atoms with Gasteiger partial charge >= 0.3 is 0 Å². The summed E-state index contributed by atoms with van der Waals surface area (Å²) in [5.41, 5.74) is 1.28. The predicted octanol–water partition coefficient (Wildman–Crippen LogP) is 3.75. The lowest BCUT2D eigenvalue weighted by molar-refractivity contribution is 0.636. The normalized spacial score (nSPS) is 19.8. The highest BCUT2D eigenvalue weighted by Gasteiger charge is 2.28. The van der Waals surface area contributed by atoms with Gasteiger partial charge < -0.3 is 0 Å². The molecule has 0 heterocycles. The van der Waals surface area contributed by atoms with E-state index in [-0.39, 0.29) is 0 Å². The second kappa shape index (κ2) is 4.15. The molecule has 0 amide bonds. The molecule has 0 bridgehead atoms. The maximum Gasteiger partial charge on any atom is 0.0364 e. The van der Waals surface area contributed by atoms with Crippen LogP contribution in [0.3, 0.4) is 0 Å². The molecule has 1 aliphatic rings. The fourth-order valence-electron chi connectivity index (χ4n) is 1.29. The summed E-state index contributed by atoms with van der Waals surface area (Å²) >= 11 is 6.13. The van der Waals surface area contributed by atoms with Crippen LogP contribution in [0.5, 0.6) is 0 Å². The molecule has 1 rings (SSSR count). The summed E-state index contributed by atoms with van der Waals surface area (Å²) in [6, 6.07) is 0. The van der Waals surface area contributed by atoms with Crippen molar-refractivity contribution in [2.24, 2.45) is 5.92 Å². The third kappa shape index (κ3) is 3.81. The zero-order chi connectivity index (χ0) is 8.27. The van der Waals surface area contributed by atoms with Gasteiger partial charge in [0.25, 0.3) is 0 Å². The number of allylic oxidation sites excluding steroid dienone is 1. The van der Waals surface area contributed by atoms with E-state index in [1.807, 2.05) is 0 Å². The van der Waals surface area contributed by atoms with Gasteiger partial charge in [-0.25, -0.2) is 0 Å². The molecule has 1 unspecified atom stereocenters. The monoisotopic (exact) mass is 172 g/mol. The van der Waals surface area contributed by atoms with Crippen molar-refractivity contribution >= 4 is 11.6 Å². The van der Waals surface area contributed by atoms with Crippen molar-refractivity contribution in [3.05, 3.63) is 12.2 Å². The molecule has 0 spiro atoms. The lowest BCUT2D eigenvalue weighted by Crippen LogP contribution is -2.00. The van der Waals surface area contributed by atoms with Crippen LogP contribution in [0.2, 0.25) is 0 Å². The first-order chi connectivity index (χ1) is 5.20. The number of hydrogen-bond acceptors (Lipinski definition) is 0. The minimum atomic E-state index is 0.453. The number of halogens is 1. The first kappa shape index (κ1) is 9.12. The average molecular weight is 173 g/mol. The standard InChI is InChI=1S/C10H17Cl/c1-8(2)4-3-5-10(11)9-6-7-9/h9-10H,1,3-7H2,2H3. The molecule has 11 heavy (non-hydrogen) atoms. The largest absolute Gasteiger partial charge is 0.123 e. The van der Waals surface area contributed by atoms with E-state index in [1.165, 1.54) is 31.3 Å². The van der Waals surface area contributed by atoms with Crippen molar-refractivity contribution in [2.75, 3.05) is 0 Å². The van der Waals surface area contributed by atoms with Crippen molar-refractivity contribution < 1.29 is 0 Å². The number of hydrogen-bond donors (Lipinski definition) is 0. The molecule has 1 saturated carbocycles. The van der Waals surface area contributed by atoms with Crippen LogP contribution in [0.25, 0.3) is 0 Å².